The first kappa shape index (κ1) is 14.9. The number of ether oxygens (including phenoxy) is 1. The summed E-state index contributed by atoms with van der Waals surface area (Å²) >= 11 is 7.63. The van der Waals surface area contributed by atoms with Gasteiger partial charge in [-0.2, -0.15) is 0 Å². The van der Waals surface area contributed by atoms with Gasteiger partial charge in [0.25, 0.3) is 0 Å². The smallest absolute Gasteiger partial charge is 0.167 e. The summed E-state index contributed by atoms with van der Waals surface area (Å²) in [5.74, 6) is 0.738. The van der Waals surface area contributed by atoms with Crippen LogP contribution in [0.4, 0.5) is 0 Å². The second-order valence-corrected chi connectivity index (χ2v) is 5.60. The fraction of sp³-hybridized carbons (Fsp3) is 0.188. The Morgan fingerprint density at radius 3 is 2.50 bits per heavy atom. The summed E-state index contributed by atoms with van der Waals surface area (Å²) in [6.07, 6.45) is 2.29. The van der Waals surface area contributed by atoms with Crippen molar-refractivity contribution in [1.29, 1.82) is 0 Å². The van der Waals surface area contributed by atoms with E-state index in [0.29, 0.717) is 16.3 Å². The van der Waals surface area contributed by atoms with Crippen molar-refractivity contribution in [3.8, 4) is 5.75 Å². The Bertz CT molecular complexity index is 608. The number of carbonyl (C=O) groups is 1. The summed E-state index contributed by atoms with van der Waals surface area (Å²) in [7, 11) is 1.59. The second-order valence-electron chi connectivity index (χ2n) is 4.28. The predicted octanol–water partition coefficient (Wildman–Crippen LogP) is 4.50. The lowest BCUT2D eigenvalue weighted by molar-refractivity contribution is 0.0992. The molecular weight excluding hydrogens is 292 g/mol. The van der Waals surface area contributed by atoms with E-state index in [9.17, 15) is 4.79 Å². The molecule has 2 aromatic carbocycles. The monoisotopic (exact) mass is 306 g/mol. The topological polar surface area (TPSA) is 26.3 Å². The lowest BCUT2D eigenvalue weighted by Gasteiger charge is -2.08. The molecule has 0 radical (unpaired) electrons. The molecule has 0 aliphatic rings. The molecule has 0 spiro atoms. The largest absolute Gasteiger partial charge is 0.496 e. The Morgan fingerprint density at radius 1 is 1.20 bits per heavy atom. The molecule has 2 nitrogen and oxygen atoms in total. The van der Waals surface area contributed by atoms with Gasteiger partial charge in [-0.15, -0.1) is 11.8 Å². The van der Waals surface area contributed by atoms with Crippen LogP contribution in [0.1, 0.15) is 15.9 Å². The Balaban J connectivity index is 2.20. The quantitative estimate of drug-likeness (QED) is 0.601. The molecule has 0 bridgehead atoms. The van der Waals surface area contributed by atoms with Crippen LogP contribution >= 0.6 is 23.4 Å². The summed E-state index contributed by atoms with van der Waals surface area (Å²) < 4.78 is 5.26. The number of thioether (sulfide) groups is 1. The number of benzene rings is 2. The number of Topliss-reactive ketones (excluding diaryl/α,β-unsaturated/α-hetero) is 1. The van der Waals surface area contributed by atoms with Crippen molar-refractivity contribution in [2.75, 3.05) is 13.4 Å². The highest BCUT2D eigenvalue weighted by Crippen LogP contribution is 2.24. The predicted molar refractivity (Wildman–Crippen MR) is 84.3 cm³/mol. The summed E-state index contributed by atoms with van der Waals surface area (Å²) in [5, 5.41) is 0.603. The van der Waals surface area contributed by atoms with E-state index in [1.165, 1.54) is 0 Å². The number of ketones is 1. The molecule has 0 aromatic heterocycles. The minimum atomic E-state index is 0.0539. The molecule has 0 saturated heterocycles. The zero-order valence-electron chi connectivity index (χ0n) is 11.4. The number of carbonyl (C=O) groups excluding carboxylic acids is 1. The minimum absolute atomic E-state index is 0.0539. The molecule has 2 aromatic rings. The summed E-state index contributed by atoms with van der Waals surface area (Å²) in [4.78, 5) is 13.4. The number of hydrogen-bond acceptors (Lipinski definition) is 3. The molecule has 104 valence electrons. The van der Waals surface area contributed by atoms with Crippen molar-refractivity contribution in [3.05, 3.63) is 58.6 Å². The number of methoxy groups -OCH3 is 1. The molecule has 2 rings (SSSR count). The highest BCUT2D eigenvalue weighted by molar-refractivity contribution is 7.98. The highest BCUT2D eigenvalue weighted by Gasteiger charge is 2.11. The van der Waals surface area contributed by atoms with Crippen molar-refractivity contribution in [2.24, 2.45) is 0 Å². The van der Waals surface area contributed by atoms with Gasteiger partial charge in [-0.25, -0.2) is 0 Å². The molecular formula is C16H15ClO2S. The molecule has 4 heteroatoms. The summed E-state index contributed by atoms with van der Waals surface area (Å²) in [6, 6.07) is 12.9. The van der Waals surface area contributed by atoms with E-state index < -0.39 is 0 Å². The third-order valence-corrected chi connectivity index (χ3v) is 3.98. The van der Waals surface area contributed by atoms with Gasteiger partial charge >= 0.3 is 0 Å². The number of halogens is 1. The van der Waals surface area contributed by atoms with Gasteiger partial charge in [-0.05, 0) is 36.6 Å². The average Bonchev–Trinajstić information content (AvgIpc) is 2.47. The van der Waals surface area contributed by atoms with Gasteiger partial charge in [-0.1, -0.05) is 23.7 Å². The maximum atomic E-state index is 12.3. The van der Waals surface area contributed by atoms with E-state index in [0.717, 1.165) is 10.5 Å². The first-order valence-corrected chi connectivity index (χ1v) is 7.74. The fourth-order valence-corrected chi connectivity index (χ4v) is 2.54. The van der Waals surface area contributed by atoms with Gasteiger partial charge in [-0.3, -0.25) is 4.79 Å². The average molecular weight is 307 g/mol. The van der Waals surface area contributed by atoms with Crippen molar-refractivity contribution in [1.82, 2.24) is 0 Å². The molecule has 0 aliphatic heterocycles. The molecule has 0 saturated carbocycles. The summed E-state index contributed by atoms with van der Waals surface area (Å²) in [5.41, 5.74) is 1.50. The zero-order valence-corrected chi connectivity index (χ0v) is 12.9. The van der Waals surface area contributed by atoms with Crippen LogP contribution in [0.25, 0.3) is 0 Å². The van der Waals surface area contributed by atoms with Crippen molar-refractivity contribution in [2.45, 2.75) is 11.3 Å². The Kier molecular flexibility index (Phi) is 5.10. The third kappa shape index (κ3) is 3.56. The Labute approximate surface area is 128 Å². The maximum absolute atomic E-state index is 12.3. The van der Waals surface area contributed by atoms with E-state index in [1.807, 2.05) is 30.5 Å². The lowest BCUT2D eigenvalue weighted by Crippen LogP contribution is -2.05. The second kappa shape index (κ2) is 6.82. The van der Waals surface area contributed by atoms with Gasteiger partial charge in [0.15, 0.2) is 5.78 Å². The van der Waals surface area contributed by atoms with Gasteiger partial charge in [0.05, 0.1) is 7.11 Å². The van der Waals surface area contributed by atoms with E-state index in [4.69, 9.17) is 16.3 Å². The van der Waals surface area contributed by atoms with Crippen molar-refractivity contribution in [3.63, 3.8) is 0 Å². The van der Waals surface area contributed by atoms with Crippen LogP contribution in [0.15, 0.2) is 47.4 Å². The summed E-state index contributed by atoms with van der Waals surface area (Å²) in [6.45, 7) is 0. The number of rotatable bonds is 5. The van der Waals surface area contributed by atoms with Crippen LogP contribution in [-0.2, 0) is 6.42 Å². The first-order valence-electron chi connectivity index (χ1n) is 6.13. The van der Waals surface area contributed by atoms with Crippen LogP contribution in [-0.4, -0.2) is 19.1 Å². The minimum Gasteiger partial charge on any atom is -0.496 e. The zero-order chi connectivity index (χ0) is 14.5. The molecule has 0 fully saturated rings. The Hall–Kier alpha value is -1.45. The van der Waals surface area contributed by atoms with Gasteiger partial charge in [0.2, 0.25) is 0 Å². The molecule has 0 aliphatic carbocycles. The molecule has 0 heterocycles. The molecule has 0 unspecified atom stereocenters. The van der Waals surface area contributed by atoms with Crippen molar-refractivity contribution >= 4 is 29.1 Å². The van der Waals surface area contributed by atoms with Crippen molar-refractivity contribution < 1.29 is 9.53 Å². The van der Waals surface area contributed by atoms with Crippen LogP contribution in [0.3, 0.4) is 0 Å². The fourth-order valence-electron chi connectivity index (χ4n) is 1.94. The molecule has 0 N–H and O–H groups in total. The first-order chi connectivity index (χ1) is 9.63. The van der Waals surface area contributed by atoms with Gasteiger partial charge in [0.1, 0.15) is 5.75 Å². The SMILES string of the molecule is COc1ccc(Cl)cc1CC(=O)c1ccc(SC)cc1. The standard InChI is InChI=1S/C16H15ClO2S/c1-19-16-8-5-13(17)9-12(16)10-15(18)11-3-6-14(20-2)7-4-11/h3-9H,10H2,1-2H3. The van der Waals surface area contributed by atoms with Crippen LogP contribution in [0.2, 0.25) is 5.02 Å². The third-order valence-electron chi connectivity index (χ3n) is 3.01. The van der Waals surface area contributed by atoms with E-state index >= 15 is 0 Å². The Morgan fingerprint density at radius 2 is 1.90 bits per heavy atom. The van der Waals surface area contributed by atoms with E-state index in [1.54, 1.807) is 37.1 Å². The molecule has 0 amide bonds. The van der Waals surface area contributed by atoms with Gasteiger partial charge < -0.3 is 4.74 Å². The maximum Gasteiger partial charge on any atom is 0.167 e. The molecule has 20 heavy (non-hydrogen) atoms. The normalized spacial score (nSPS) is 10.3. The highest BCUT2D eigenvalue weighted by atomic mass is 35.5. The van der Waals surface area contributed by atoms with E-state index in [-0.39, 0.29) is 12.2 Å². The lowest BCUT2D eigenvalue weighted by atomic mass is 10.0. The van der Waals surface area contributed by atoms with Crippen LogP contribution in [0, 0.1) is 0 Å². The van der Waals surface area contributed by atoms with Gasteiger partial charge in [0, 0.05) is 27.5 Å². The van der Waals surface area contributed by atoms with Crippen LogP contribution in [0.5, 0.6) is 5.75 Å². The van der Waals surface area contributed by atoms with Crippen LogP contribution < -0.4 is 4.74 Å². The van der Waals surface area contributed by atoms with E-state index in [2.05, 4.69) is 0 Å². The number of hydrogen-bond donors (Lipinski definition) is 0. The molecule has 0 atom stereocenters.